The van der Waals surface area contributed by atoms with E-state index in [-0.39, 0.29) is 16.5 Å². The first kappa shape index (κ1) is 11.7. The van der Waals surface area contributed by atoms with Gasteiger partial charge in [-0.15, -0.1) is 0 Å². The first-order valence-corrected chi connectivity index (χ1v) is 5.25. The van der Waals surface area contributed by atoms with Gasteiger partial charge in [0.05, 0.1) is 5.69 Å². The van der Waals surface area contributed by atoms with Crippen molar-refractivity contribution in [2.45, 2.75) is 0 Å². The highest BCUT2D eigenvalue weighted by Crippen LogP contribution is 2.19. The molecule has 0 atom stereocenters. The van der Waals surface area contributed by atoms with E-state index in [0.717, 1.165) is 6.07 Å². The molecule has 1 N–H and O–H groups in total. The van der Waals surface area contributed by atoms with Gasteiger partial charge in [-0.05, 0) is 18.2 Å². The van der Waals surface area contributed by atoms with Crippen LogP contribution in [0.1, 0.15) is 0 Å². The number of nitrogens with one attached hydrogen (secondary N) is 1. The van der Waals surface area contributed by atoms with Crippen LogP contribution in [0.25, 0.3) is 0 Å². The lowest BCUT2D eigenvalue weighted by molar-refractivity contribution is -0.117. The number of amides is 1. The van der Waals surface area contributed by atoms with Gasteiger partial charge < -0.3 is 14.8 Å². The maximum atomic E-state index is 13.4. The van der Waals surface area contributed by atoms with Gasteiger partial charge >= 0.3 is 0 Å². The number of carbonyl (C=O) groups excluding carboxylic acids is 1. The fourth-order valence-electron chi connectivity index (χ4n) is 1.26. The quantitative estimate of drug-likeness (QED) is 0.884. The molecule has 17 heavy (non-hydrogen) atoms. The number of hydrogen-bond donors (Lipinski definition) is 1. The van der Waals surface area contributed by atoms with E-state index in [2.05, 4.69) is 5.32 Å². The molecule has 4 nitrogen and oxygen atoms in total. The lowest BCUT2D eigenvalue weighted by atomic mass is 10.3. The average molecular weight is 258 g/mol. The zero-order chi connectivity index (χ0) is 12.3. The molecular weight excluding hydrogens is 249 g/mol. The van der Waals surface area contributed by atoms with Crippen molar-refractivity contribution in [3.63, 3.8) is 0 Å². The molecular formula is C11H9ClFNO3. The van der Waals surface area contributed by atoms with E-state index in [0.29, 0.717) is 13.2 Å². The Balaban J connectivity index is 2.10. The minimum Gasteiger partial charge on any atom is -0.494 e. The molecule has 0 radical (unpaired) electrons. The zero-order valence-corrected chi connectivity index (χ0v) is 9.46. The van der Waals surface area contributed by atoms with Gasteiger partial charge in [0.2, 0.25) is 5.76 Å². The van der Waals surface area contributed by atoms with E-state index in [1.807, 2.05) is 0 Å². The average Bonchev–Trinajstić information content (AvgIpc) is 2.34. The van der Waals surface area contributed by atoms with Crippen LogP contribution in [0.3, 0.4) is 0 Å². The minimum absolute atomic E-state index is 0.0191. The highest BCUT2D eigenvalue weighted by Gasteiger charge is 2.16. The van der Waals surface area contributed by atoms with Crippen molar-refractivity contribution in [2.24, 2.45) is 0 Å². The van der Waals surface area contributed by atoms with E-state index in [1.54, 1.807) is 0 Å². The van der Waals surface area contributed by atoms with E-state index in [1.165, 1.54) is 18.4 Å². The summed E-state index contributed by atoms with van der Waals surface area (Å²) in [5.41, 5.74) is 0.0365. The molecule has 6 heteroatoms. The lowest BCUT2D eigenvalue weighted by Gasteiger charge is -2.15. The van der Waals surface area contributed by atoms with Gasteiger partial charge in [0.25, 0.3) is 5.91 Å². The summed E-state index contributed by atoms with van der Waals surface area (Å²) in [5.74, 6) is -1.15. The monoisotopic (exact) mass is 257 g/mol. The molecule has 1 heterocycles. The summed E-state index contributed by atoms with van der Waals surface area (Å²) in [6.45, 7) is 0.689. The molecule has 0 saturated carbocycles. The number of halogens is 2. The summed E-state index contributed by atoms with van der Waals surface area (Å²) in [5, 5.41) is 2.62. The Morgan fingerprint density at radius 2 is 2.24 bits per heavy atom. The predicted molar refractivity (Wildman–Crippen MR) is 60.0 cm³/mol. The molecule has 90 valence electrons. The minimum atomic E-state index is -0.608. The van der Waals surface area contributed by atoms with Crippen LogP contribution in [-0.4, -0.2) is 19.1 Å². The fourth-order valence-corrected chi connectivity index (χ4v) is 1.42. The summed E-state index contributed by atoms with van der Waals surface area (Å²) in [6, 6.07) is 3.97. The number of ether oxygens (including phenoxy) is 2. The Kier molecular flexibility index (Phi) is 3.49. The smallest absolute Gasteiger partial charge is 0.294 e. The maximum absolute atomic E-state index is 13.4. The van der Waals surface area contributed by atoms with Crippen LogP contribution in [0.4, 0.5) is 10.1 Å². The summed E-state index contributed by atoms with van der Waals surface area (Å²) in [4.78, 5) is 11.6. The second-order valence-corrected chi connectivity index (χ2v) is 3.72. The van der Waals surface area contributed by atoms with Gasteiger partial charge in [-0.3, -0.25) is 4.79 Å². The zero-order valence-electron chi connectivity index (χ0n) is 8.70. The Bertz CT molecular complexity index is 476. The van der Waals surface area contributed by atoms with E-state index >= 15 is 0 Å². The summed E-state index contributed by atoms with van der Waals surface area (Å²) >= 11 is 5.59. The van der Waals surface area contributed by atoms with Crippen molar-refractivity contribution < 1.29 is 18.7 Å². The molecule has 0 aliphatic carbocycles. The molecule has 0 unspecified atom stereocenters. The highest BCUT2D eigenvalue weighted by molar-refractivity contribution is 6.30. The number of benzene rings is 1. The second kappa shape index (κ2) is 5.05. The molecule has 2 rings (SSSR count). The molecule has 0 fully saturated rings. The molecule has 0 spiro atoms. The van der Waals surface area contributed by atoms with Crippen LogP contribution >= 0.6 is 11.6 Å². The molecule has 1 aromatic carbocycles. The Morgan fingerprint density at radius 3 is 2.88 bits per heavy atom. The number of carbonyl (C=O) groups is 1. The standard InChI is InChI=1S/C11H9ClFNO3/c12-7-1-2-9(8(13)5-7)14-11(15)10-6-16-3-4-17-10/h1-2,5-6H,3-4H2,(H,14,15). The topological polar surface area (TPSA) is 47.6 Å². The summed E-state index contributed by atoms with van der Waals surface area (Å²) in [7, 11) is 0. The predicted octanol–water partition coefficient (Wildman–Crippen LogP) is 2.31. The van der Waals surface area contributed by atoms with Crippen LogP contribution in [0.15, 0.2) is 30.2 Å². The largest absolute Gasteiger partial charge is 0.494 e. The van der Waals surface area contributed by atoms with Crippen molar-refractivity contribution in [1.82, 2.24) is 0 Å². The molecule has 1 aliphatic rings. The van der Waals surface area contributed by atoms with Crippen molar-refractivity contribution in [1.29, 1.82) is 0 Å². The summed E-state index contributed by atoms with van der Waals surface area (Å²) in [6.07, 6.45) is 1.20. The molecule has 1 aromatic rings. The van der Waals surface area contributed by atoms with Crippen molar-refractivity contribution in [2.75, 3.05) is 18.5 Å². The lowest BCUT2D eigenvalue weighted by Crippen LogP contribution is -2.21. The third kappa shape index (κ3) is 2.88. The Hall–Kier alpha value is -1.75. The van der Waals surface area contributed by atoms with Gasteiger partial charge in [-0.2, -0.15) is 0 Å². The normalized spacial score (nSPS) is 14.4. The van der Waals surface area contributed by atoms with Crippen LogP contribution in [-0.2, 0) is 14.3 Å². The highest BCUT2D eigenvalue weighted by atomic mass is 35.5. The van der Waals surface area contributed by atoms with Gasteiger partial charge in [-0.1, -0.05) is 11.6 Å². The first-order valence-electron chi connectivity index (χ1n) is 4.88. The van der Waals surface area contributed by atoms with Gasteiger partial charge in [0.15, 0.2) is 0 Å². The van der Waals surface area contributed by atoms with Crippen LogP contribution in [0, 0.1) is 5.82 Å². The molecule has 1 amide bonds. The number of rotatable bonds is 2. The van der Waals surface area contributed by atoms with Gasteiger partial charge in [-0.25, -0.2) is 4.39 Å². The van der Waals surface area contributed by atoms with Crippen LogP contribution < -0.4 is 5.32 Å². The van der Waals surface area contributed by atoms with E-state index in [9.17, 15) is 9.18 Å². The van der Waals surface area contributed by atoms with E-state index in [4.69, 9.17) is 21.1 Å². The SMILES string of the molecule is O=C(Nc1ccc(Cl)cc1F)C1=COCCO1. The Labute approximate surface area is 102 Å². The van der Waals surface area contributed by atoms with Gasteiger partial charge in [0, 0.05) is 5.02 Å². The van der Waals surface area contributed by atoms with E-state index < -0.39 is 11.7 Å². The molecule has 0 aromatic heterocycles. The van der Waals surface area contributed by atoms with Crippen molar-refractivity contribution in [3.8, 4) is 0 Å². The number of anilines is 1. The summed E-state index contributed by atoms with van der Waals surface area (Å²) < 4.78 is 23.4. The van der Waals surface area contributed by atoms with Crippen molar-refractivity contribution in [3.05, 3.63) is 41.1 Å². The third-order valence-electron chi connectivity index (χ3n) is 2.05. The maximum Gasteiger partial charge on any atom is 0.294 e. The Morgan fingerprint density at radius 1 is 1.41 bits per heavy atom. The van der Waals surface area contributed by atoms with Crippen molar-refractivity contribution >= 4 is 23.2 Å². The third-order valence-corrected chi connectivity index (χ3v) is 2.29. The molecule has 0 bridgehead atoms. The number of hydrogen-bond acceptors (Lipinski definition) is 3. The van der Waals surface area contributed by atoms with Gasteiger partial charge in [0.1, 0.15) is 25.3 Å². The first-order chi connectivity index (χ1) is 8.16. The molecule has 1 aliphatic heterocycles. The van der Waals surface area contributed by atoms with Crippen LogP contribution in [0.5, 0.6) is 0 Å². The van der Waals surface area contributed by atoms with Crippen LogP contribution in [0.2, 0.25) is 5.02 Å². The fraction of sp³-hybridized carbons (Fsp3) is 0.182. The second-order valence-electron chi connectivity index (χ2n) is 3.28. The molecule has 0 saturated heterocycles.